The third kappa shape index (κ3) is 1.52. The first-order chi connectivity index (χ1) is 5.92. The fourth-order valence-corrected chi connectivity index (χ4v) is 1.02. The van der Waals surface area contributed by atoms with Crippen LogP contribution in [-0.2, 0) is 19.9 Å². The Morgan fingerprint density at radius 1 is 1.46 bits per heavy atom. The maximum Gasteiger partial charge on any atom is 0.461 e. The van der Waals surface area contributed by atoms with Crippen LogP contribution in [0.3, 0.4) is 0 Å². The van der Waals surface area contributed by atoms with E-state index in [1.165, 1.54) is 0 Å². The van der Waals surface area contributed by atoms with Crippen LogP contribution >= 0.6 is 0 Å². The molecule has 0 spiro atoms. The van der Waals surface area contributed by atoms with Gasteiger partial charge in [-0.05, 0) is 4.53 Å². The second kappa shape index (κ2) is 3.00. The Labute approximate surface area is 70.8 Å². The number of hydrogen-bond acceptors (Lipinski definition) is 4. The lowest BCUT2D eigenvalue weighted by Gasteiger charge is -2.13. The quantitative estimate of drug-likeness (QED) is 0.743. The number of hydrogen-bond donors (Lipinski definition) is 0. The molecule has 1 aromatic heterocycles. The van der Waals surface area contributed by atoms with Gasteiger partial charge in [0.2, 0.25) is 0 Å². The first-order valence-corrected chi connectivity index (χ1v) is 4.23. The number of rotatable bonds is 3. The molecule has 0 aromatic carbocycles. The summed E-state index contributed by atoms with van der Waals surface area (Å²) in [4.78, 5) is 3.18. The van der Waals surface area contributed by atoms with Crippen molar-refractivity contribution in [1.29, 1.82) is 0 Å². The third-order valence-corrected chi connectivity index (χ3v) is 2.17. The molecule has 0 unspecified atom stereocenters. The molecule has 0 radical (unpaired) electrons. The Morgan fingerprint density at radius 2 is 2.08 bits per heavy atom. The fourth-order valence-electron chi connectivity index (χ4n) is 0.580. The normalized spacial score (nSPS) is 13.2. The Kier molecular flexibility index (Phi) is 2.30. The van der Waals surface area contributed by atoms with E-state index in [1.807, 2.05) is 0 Å². The van der Waals surface area contributed by atoms with Crippen LogP contribution in [0.1, 0.15) is 0 Å². The SMILES string of the molecule is O=S(=O)(OF)C(F)(F)n1ccnc1. The lowest BCUT2D eigenvalue weighted by Crippen LogP contribution is -2.32. The van der Waals surface area contributed by atoms with Crippen LogP contribution in [0, 0.1) is 0 Å². The van der Waals surface area contributed by atoms with Crippen molar-refractivity contribution in [1.82, 2.24) is 9.55 Å². The van der Waals surface area contributed by atoms with E-state index in [2.05, 4.69) is 9.37 Å². The van der Waals surface area contributed by atoms with Crippen molar-refractivity contribution in [3.8, 4) is 0 Å². The molecule has 1 aromatic rings. The summed E-state index contributed by atoms with van der Waals surface area (Å²) in [5.74, 6) is 0. The monoisotopic (exact) mass is 216 g/mol. The molecule has 0 aliphatic heterocycles. The topological polar surface area (TPSA) is 61.2 Å². The first kappa shape index (κ1) is 9.99. The highest BCUT2D eigenvalue weighted by molar-refractivity contribution is 7.87. The number of aromatic nitrogens is 2. The molecule has 0 N–H and O–H groups in total. The molecule has 0 bridgehead atoms. The molecule has 5 nitrogen and oxygen atoms in total. The van der Waals surface area contributed by atoms with Crippen LogP contribution in [0.5, 0.6) is 0 Å². The summed E-state index contributed by atoms with van der Waals surface area (Å²) in [6.45, 7) is 0. The predicted molar refractivity (Wildman–Crippen MR) is 33.5 cm³/mol. The van der Waals surface area contributed by atoms with Crippen LogP contribution in [0.2, 0.25) is 0 Å². The smallest absolute Gasteiger partial charge is 0.262 e. The van der Waals surface area contributed by atoms with Gasteiger partial charge in [0.1, 0.15) is 6.33 Å². The fraction of sp³-hybridized carbons (Fsp3) is 0.250. The molecule has 74 valence electrons. The predicted octanol–water partition coefficient (Wildman–Crippen LogP) is 0.621. The number of alkyl halides is 2. The van der Waals surface area contributed by atoms with Gasteiger partial charge in [0.05, 0.1) is 0 Å². The molecule has 0 fully saturated rings. The summed E-state index contributed by atoms with van der Waals surface area (Å²) in [6, 6.07) is 0. The highest BCUT2D eigenvalue weighted by Crippen LogP contribution is 2.28. The highest BCUT2D eigenvalue weighted by atomic mass is 32.2. The Morgan fingerprint density at radius 3 is 2.46 bits per heavy atom. The number of halogens is 3. The van der Waals surface area contributed by atoms with Gasteiger partial charge in [-0.15, -0.1) is 0 Å². The van der Waals surface area contributed by atoms with Crippen LogP contribution in [0.15, 0.2) is 18.7 Å². The summed E-state index contributed by atoms with van der Waals surface area (Å²) in [7, 11) is -5.60. The molecule has 0 aliphatic carbocycles. The van der Waals surface area contributed by atoms with Crippen molar-refractivity contribution in [3.63, 3.8) is 0 Å². The van der Waals surface area contributed by atoms with Crippen LogP contribution in [0.25, 0.3) is 0 Å². The van der Waals surface area contributed by atoms with Gasteiger partial charge in [0, 0.05) is 12.4 Å². The van der Waals surface area contributed by atoms with E-state index in [4.69, 9.17) is 0 Å². The summed E-state index contributed by atoms with van der Waals surface area (Å²) in [5, 5.41) is -4.50. The van der Waals surface area contributed by atoms with Crippen molar-refractivity contribution in [2.45, 2.75) is 5.38 Å². The number of imidazole rings is 1. The molecule has 1 heterocycles. The van der Waals surface area contributed by atoms with Gasteiger partial charge in [0.15, 0.2) is 0 Å². The van der Waals surface area contributed by atoms with Crippen molar-refractivity contribution >= 4 is 10.1 Å². The third-order valence-electron chi connectivity index (χ3n) is 1.19. The summed E-state index contributed by atoms with van der Waals surface area (Å²) in [5.41, 5.74) is 0. The Hall–Kier alpha value is -1.09. The van der Waals surface area contributed by atoms with Crippen LogP contribution in [-0.4, -0.2) is 18.0 Å². The van der Waals surface area contributed by atoms with Gasteiger partial charge in [-0.25, -0.2) is 4.98 Å². The molecule has 0 aliphatic rings. The zero-order valence-electron chi connectivity index (χ0n) is 5.89. The minimum Gasteiger partial charge on any atom is -0.262 e. The maximum atomic E-state index is 12.7. The van der Waals surface area contributed by atoms with Crippen molar-refractivity contribution in [3.05, 3.63) is 18.7 Å². The zero-order chi connectivity index (χ0) is 10.1. The molecule has 9 heteroatoms. The molecule has 13 heavy (non-hydrogen) atoms. The summed E-state index contributed by atoms with van der Waals surface area (Å²) < 4.78 is 59.5. The van der Waals surface area contributed by atoms with Crippen molar-refractivity contribution < 1.29 is 26.1 Å². The summed E-state index contributed by atoms with van der Waals surface area (Å²) >= 11 is 0. The van der Waals surface area contributed by atoms with Gasteiger partial charge in [-0.3, -0.25) is 4.57 Å². The van der Waals surface area contributed by atoms with E-state index in [9.17, 15) is 21.7 Å². The molecule has 0 saturated carbocycles. The van der Waals surface area contributed by atoms with Crippen molar-refractivity contribution in [2.24, 2.45) is 0 Å². The second-order valence-corrected chi connectivity index (χ2v) is 3.50. The highest BCUT2D eigenvalue weighted by Gasteiger charge is 2.49. The second-order valence-electron chi connectivity index (χ2n) is 1.97. The lowest BCUT2D eigenvalue weighted by molar-refractivity contribution is -0.0558. The van der Waals surface area contributed by atoms with Gasteiger partial charge >= 0.3 is 15.5 Å². The average molecular weight is 216 g/mol. The van der Waals surface area contributed by atoms with Crippen LogP contribution < -0.4 is 0 Å². The van der Waals surface area contributed by atoms with Gasteiger partial charge < -0.3 is 0 Å². The van der Waals surface area contributed by atoms with Gasteiger partial charge in [0.25, 0.3) is 0 Å². The molecule has 0 amide bonds. The zero-order valence-corrected chi connectivity index (χ0v) is 6.71. The number of nitrogens with zero attached hydrogens (tertiary/aromatic N) is 2. The largest absolute Gasteiger partial charge is 0.461 e. The minimum absolute atomic E-state index is 0.0953. The summed E-state index contributed by atoms with van der Waals surface area (Å²) in [6.07, 6.45) is 2.11. The van der Waals surface area contributed by atoms with E-state index >= 15 is 0 Å². The van der Waals surface area contributed by atoms with Crippen molar-refractivity contribution in [2.75, 3.05) is 0 Å². The molecule has 0 saturated heterocycles. The van der Waals surface area contributed by atoms with Gasteiger partial charge in [-0.1, -0.05) is 4.39 Å². The van der Waals surface area contributed by atoms with Gasteiger partial charge in [-0.2, -0.15) is 17.2 Å². The molecule has 0 atom stereocenters. The van der Waals surface area contributed by atoms with E-state index in [0.29, 0.717) is 12.5 Å². The minimum atomic E-state index is -5.60. The van der Waals surface area contributed by atoms with E-state index in [1.54, 1.807) is 0 Å². The molecular formula is C4H3F3N2O3S. The Balaban J connectivity index is 3.17. The lowest BCUT2D eigenvalue weighted by atomic mass is 10.9. The molecular weight excluding hydrogens is 213 g/mol. The first-order valence-electron chi connectivity index (χ1n) is 2.83. The van der Waals surface area contributed by atoms with E-state index in [-0.39, 0.29) is 4.57 Å². The Bertz CT molecular complexity index is 373. The molecule has 1 rings (SSSR count). The average Bonchev–Trinajstić information content (AvgIpc) is 2.56. The standard InChI is InChI=1S/C4H3F3N2O3S/c5-4(6,13(10,11)12-7)9-2-1-8-3-9/h1-3H. The maximum absolute atomic E-state index is 12.7. The van der Waals surface area contributed by atoms with E-state index in [0.717, 1.165) is 6.20 Å². The van der Waals surface area contributed by atoms with E-state index < -0.39 is 15.5 Å². The van der Waals surface area contributed by atoms with Crippen LogP contribution in [0.4, 0.5) is 13.3 Å².